The third kappa shape index (κ3) is 4.23. The molecule has 25 heavy (non-hydrogen) atoms. The Hall–Kier alpha value is -3.16. The van der Waals surface area contributed by atoms with E-state index in [0.717, 1.165) is 0 Å². The van der Waals surface area contributed by atoms with Crippen molar-refractivity contribution in [2.45, 2.75) is 13.0 Å². The smallest absolute Gasteiger partial charge is 0.333 e. The van der Waals surface area contributed by atoms with Crippen molar-refractivity contribution in [3.05, 3.63) is 47.5 Å². The number of amides is 1. The van der Waals surface area contributed by atoms with Gasteiger partial charge in [-0.3, -0.25) is 9.78 Å². The SMILES string of the molecule is COC(=O)[C@@H](NC(=O)c1cnc(C)cn1)c1ccc(OC)c(OC)c1. The number of rotatable bonds is 6. The lowest BCUT2D eigenvalue weighted by Gasteiger charge is -2.18. The lowest BCUT2D eigenvalue weighted by atomic mass is 10.1. The summed E-state index contributed by atoms with van der Waals surface area (Å²) < 4.78 is 15.2. The van der Waals surface area contributed by atoms with Gasteiger partial charge in [-0.1, -0.05) is 6.07 Å². The van der Waals surface area contributed by atoms with Crippen LogP contribution in [0.15, 0.2) is 30.6 Å². The number of hydrogen-bond donors (Lipinski definition) is 1. The van der Waals surface area contributed by atoms with E-state index in [9.17, 15) is 9.59 Å². The molecule has 0 aliphatic carbocycles. The van der Waals surface area contributed by atoms with E-state index in [1.54, 1.807) is 25.1 Å². The number of carbonyl (C=O) groups excluding carboxylic acids is 2. The van der Waals surface area contributed by atoms with Crippen molar-refractivity contribution in [2.24, 2.45) is 0 Å². The van der Waals surface area contributed by atoms with Crippen LogP contribution in [0.1, 0.15) is 27.8 Å². The Bertz CT molecular complexity index is 761. The van der Waals surface area contributed by atoms with Gasteiger partial charge in [0.25, 0.3) is 5.91 Å². The first kappa shape index (κ1) is 18.2. The number of esters is 1. The molecule has 1 amide bonds. The highest BCUT2D eigenvalue weighted by Crippen LogP contribution is 2.30. The van der Waals surface area contributed by atoms with Gasteiger partial charge in [0.05, 0.1) is 33.2 Å². The van der Waals surface area contributed by atoms with E-state index in [1.807, 2.05) is 0 Å². The fourth-order valence-electron chi connectivity index (χ4n) is 2.14. The normalized spacial score (nSPS) is 11.4. The van der Waals surface area contributed by atoms with Crippen molar-refractivity contribution in [1.82, 2.24) is 15.3 Å². The minimum Gasteiger partial charge on any atom is -0.493 e. The van der Waals surface area contributed by atoms with Gasteiger partial charge >= 0.3 is 5.97 Å². The van der Waals surface area contributed by atoms with Gasteiger partial charge in [-0.05, 0) is 24.6 Å². The van der Waals surface area contributed by atoms with Crippen LogP contribution >= 0.6 is 0 Å². The third-order valence-corrected chi connectivity index (χ3v) is 3.47. The van der Waals surface area contributed by atoms with Gasteiger partial charge in [-0.25, -0.2) is 9.78 Å². The van der Waals surface area contributed by atoms with Crippen molar-refractivity contribution in [2.75, 3.05) is 21.3 Å². The molecular weight excluding hydrogens is 326 g/mol. The first-order valence-electron chi connectivity index (χ1n) is 7.39. The van der Waals surface area contributed by atoms with Crippen LogP contribution in [0, 0.1) is 6.92 Å². The Morgan fingerprint density at radius 2 is 1.76 bits per heavy atom. The molecule has 0 radical (unpaired) electrons. The summed E-state index contributed by atoms with van der Waals surface area (Å²) in [5.74, 6) is -0.234. The van der Waals surface area contributed by atoms with Crippen molar-refractivity contribution in [3.8, 4) is 11.5 Å². The summed E-state index contributed by atoms with van der Waals surface area (Å²) in [6.07, 6.45) is 2.81. The molecule has 1 aromatic heterocycles. The monoisotopic (exact) mass is 345 g/mol. The molecule has 0 saturated heterocycles. The zero-order valence-electron chi connectivity index (χ0n) is 14.4. The van der Waals surface area contributed by atoms with Gasteiger partial charge in [-0.2, -0.15) is 0 Å². The summed E-state index contributed by atoms with van der Waals surface area (Å²) >= 11 is 0. The van der Waals surface area contributed by atoms with Crippen LogP contribution in [0.25, 0.3) is 0 Å². The van der Waals surface area contributed by atoms with E-state index in [1.165, 1.54) is 33.7 Å². The van der Waals surface area contributed by atoms with E-state index in [4.69, 9.17) is 14.2 Å². The number of benzene rings is 1. The number of methoxy groups -OCH3 is 3. The molecule has 0 spiro atoms. The molecule has 1 atom stereocenters. The highest BCUT2D eigenvalue weighted by Gasteiger charge is 2.26. The number of carbonyl (C=O) groups is 2. The number of nitrogens with zero attached hydrogens (tertiary/aromatic N) is 2. The second-order valence-electron chi connectivity index (χ2n) is 5.09. The Labute approximate surface area is 145 Å². The van der Waals surface area contributed by atoms with Crippen LogP contribution in [0.4, 0.5) is 0 Å². The van der Waals surface area contributed by atoms with Crippen LogP contribution in [0.2, 0.25) is 0 Å². The topological polar surface area (TPSA) is 99.6 Å². The minimum atomic E-state index is -1.03. The quantitative estimate of drug-likeness (QED) is 0.791. The molecule has 0 fully saturated rings. The summed E-state index contributed by atoms with van der Waals surface area (Å²) in [6.45, 7) is 1.76. The molecule has 2 aromatic rings. The van der Waals surface area contributed by atoms with E-state index in [0.29, 0.717) is 22.8 Å². The molecule has 1 aromatic carbocycles. The van der Waals surface area contributed by atoms with Gasteiger partial charge in [0.1, 0.15) is 5.69 Å². The van der Waals surface area contributed by atoms with E-state index in [-0.39, 0.29) is 5.69 Å². The molecule has 0 aliphatic rings. The molecule has 1 heterocycles. The van der Waals surface area contributed by atoms with Crippen molar-refractivity contribution >= 4 is 11.9 Å². The zero-order chi connectivity index (χ0) is 18.4. The summed E-state index contributed by atoms with van der Waals surface area (Å²) in [6, 6.07) is 3.86. The number of aromatic nitrogens is 2. The Morgan fingerprint density at radius 1 is 1.04 bits per heavy atom. The first-order valence-corrected chi connectivity index (χ1v) is 7.39. The summed E-state index contributed by atoms with van der Waals surface area (Å²) in [7, 11) is 4.23. The zero-order valence-corrected chi connectivity index (χ0v) is 14.4. The van der Waals surface area contributed by atoms with E-state index in [2.05, 4.69) is 15.3 Å². The molecule has 8 heteroatoms. The molecule has 0 unspecified atom stereocenters. The largest absolute Gasteiger partial charge is 0.493 e. The van der Waals surface area contributed by atoms with Crippen LogP contribution in [0.3, 0.4) is 0 Å². The van der Waals surface area contributed by atoms with Crippen molar-refractivity contribution in [3.63, 3.8) is 0 Å². The second kappa shape index (κ2) is 8.09. The predicted octanol–water partition coefficient (Wildman–Crippen LogP) is 1.45. The molecule has 0 saturated carbocycles. The maximum atomic E-state index is 12.4. The number of hydrogen-bond acceptors (Lipinski definition) is 7. The first-order chi connectivity index (χ1) is 12.0. The Balaban J connectivity index is 2.32. The molecule has 0 bridgehead atoms. The van der Waals surface area contributed by atoms with Gasteiger partial charge in [0, 0.05) is 6.20 Å². The molecule has 8 nitrogen and oxygen atoms in total. The average molecular weight is 345 g/mol. The van der Waals surface area contributed by atoms with E-state index >= 15 is 0 Å². The molecule has 1 N–H and O–H groups in total. The molecule has 132 valence electrons. The number of ether oxygens (including phenoxy) is 3. The molecular formula is C17H19N3O5. The summed E-state index contributed by atoms with van der Waals surface area (Å²) in [5.41, 5.74) is 1.26. The van der Waals surface area contributed by atoms with Crippen molar-refractivity contribution < 1.29 is 23.8 Å². The fraction of sp³-hybridized carbons (Fsp3) is 0.294. The highest BCUT2D eigenvalue weighted by molar-refractivity contribution is 5.95. The van der Waals surface area contributed by atoms with Gasteiger partial charge < -0.3 is 19.5 Å². The maximum Gasteiger partial charge on any atom is 0.333 e. The van der Waals surface area contributed by atoms with Gasteiger partial charge in [0.15, 0.2) is 17.5 Å². The lowest BCUT2D eigenvalue weighted by Crippen LogP contribution is -2.35. The van der Waals surface area contributed by atoms with Crippen LogP contribution < -0.4 is 14.8 Å². The fourth-order valence-corrected chi connectivity index (χ4v) is 2.14. The van der Waals surface area contributed by atoms with E-state index < -0.39 is 17.9 Å². The third-order valence-electron chi connectivity index (χ3n) is 3.47. The average Bonchev–Trinajstić information content (AvgIpc) is 2.65. The minimum absolute atomic E-state index is 0.0972. The number of nitrogens with one attached hydrogen (secondary N) is 1. The van der Waals surface area contributed by atoms with Crippen LogP contribution in [0.5, 0.6) is 11.5 Å². The Morgan fingerprint density at radius 3 is 2.32 bits per heavy atom. The summed E-state index contributed by atoms with van der Waals surface area (Å²) in [5, 5.41) is 2.60. The lowest BCUT2D eigenvalue weighted by molar-refractivity contribution is -0.143. The van der Waals surface area contributed by atoms with Crippen LogP contribution in [-0.4, -0.2) is 43.2 Å². The predicted molar refractivity (Wildman–Crippen MR) is 88.5 cm³/mol. The molecule has 0 aliphatic heterocycles. The molecule has 2 rings (SSSR count). The van der Waals surface area contributed by atoms with Crippen LogP contribution in [-0.2, 0) is 9.53 Å². The highest BCUT2D eigenvalue weighted by atomic mass is 16.5. The Kier molecular flexibility index (Phi) is 5.89. The maximum absolute atomic E-state index is 12.4. The van der Waals surface area contributed by atoms with Gasteiger partial charge in [0.2, 0.25) is 0 Å². The number of aryl methyl sites for hydroxylation is 1. The second-order valence-corrected chi connectivity index (χ2v) is 5.09. The van der Waals surface area contributed by atoms with Gasteiger partial charge in [-0.15, -0.1) is 0 Å². The standard InChI is InChI=1S/C17H19N3O5/c1-10-8-19-12(9-18-10)16(21)20-15(17(22)25-4)11-5-6-13(23-2)14(7-11)24-3/h5-9,15H,1-4H3,(H,20,21)/t15-/m0/s1. The summed E-state index contributed by atoms with van der Waals surface area (Å²) in [4.78, 5) is 32.5. The van der Waals surface area contributed by atoms with Crippen molar-refractivity contribution in [1.29, 1.82) is 0 Å².